The largest absolute Gasteiger partial charge is 0.320 e. The molecule has 0 unspecified atom stereocenters. The topological polar surface area (TPSA) is 125 Å². The van der Waals surface area contributed by atoms with Gasteiger partial charge in [0.05, 0.1) is 22.2 Å². The van der Waals surface area contributed by atoms with E-state index in [4.69, 9.17) is 0 Å². The molecule has 0 spiro atoms. The van der Waals surface area contributed by atoms with E-state index in [0.29, 0.717) is 16.6 Å². The minimum Gasteiger partial charge on any atom is -0.320 e. The highest BCUT2D eigenvalue weighted by molar-refractivity contribution is 6.06. The number of carbonyl (C=O) groups excluding carboxylic acids is 1. The lowest BCUT2D eigenvalue weighted by molar-refractivity contribution is -0.385. The van der Waals surface area contributed by atoms with Crippen LogP contribution in [0.3, 0.4) is 0 Å². The summed E-state index contributed by atoms with van der Waals surface area (Å²) in [5.41, 5.74) is -0.0223. The van der Waals surface area contributed by atoms with E-state index in [9.17, 15) is 19.7 Å². The molecule has 3 aromatic rings. The van der Waals surface area contributed by atoms with Gasteiger partial charge in [0.1, 0.15) is 6.20 Å². The molecule has 1 aromatic carbocycles. The highest BCUT2D eigenvalue weighted by atomic mass is 16.6. The van der Waals surface area contributed by atoms with E-state index < -0.39 is 16.5 Å². The fourth-order valence-electron chi connectivity index (χ4n) is 2.30. The summed E-state index contributed by atoms with van der Waals surface area (Å²) in [4.78, 5) is 38.8. The molecule has 10 heteroatoms. The quantitative estimate of drug-likeness (QED) is 0.560. The van der Waals surface area contributed by atoms with Crippen LogP contribution in [0.5, 0.6) is 0 Å². The fourth-order valence-corrected chi connectivity index (χ4v) is 2.30. The summed E-state index contributed by atoms with van der Waals surface area (Å²) in [6, 6.07) is 4.63. The molecule has 0 aliphatic carbocycles. The van der Waals surface area contributed by atoms with E-state index in [2.05, 4.69) is 15.4 Å². The van der Waals surface area contributed by atoms with Gasteiger partial charge in [-0.1, -0.05) is 0 Å². The summed E-state index contributed by atoms with van der Waals surface area (Å²) in [5.74, 6) is -0.693. The lowest BCUT2D eigenvalue weighted by Crippen LogP contribution is -2.19. The molecule has 2 aromatic heterocycles. The van der Waals surface area contributed by atoms with Crippen LogP contribution in [0, 0.1) is 10.1 Å². The van der Waals surface area contributed by atoms with Crippen molar-refractivity contribution in [3.8, 4) is 0 Å². The van der Waals surface area contributed by atoms with E-state index in [1.54, 1.807) is 19.2 Å². The number of hydrogen-bond acceptors (Lipinski definition) is 6. The number of amides is 1. The summed E-state index contributed by atoms with van der Waals surface area (Å²) < 4.78 is 2.44. The highest BCUT2D eigenvalue weighted by Crippen LogP contribution is 2.20. The summed E-state index contributed by atoms with van der Waals surface area (Å²) in [7, 11) is 3.00. The lowest BCUT2D eigenvalue weighted by Gasteiger charge is -2.07. The van der Waals surface area contributed by atoms with E-state index in [1.165, 1.54) is 24.0 Å². The second kappa shape index (κ2) is 5.57. The average molecular weight is 328 g/mol. The van der Waals surface area contributed by atoms with Gasteiger partial charge in [0.2, 0.25) is 5.69 Å². The van der Waals surface area contributed by atoms with E-state index in [0.717, 1.165) is 10.9 Å². The van der Waals surface area contributed by atoms with Crippen molar-refractivity contribution in [2.24, 2.45) is 14.1 Å². The predicted octanol–water partition coefficient (Wildman–Crippen LogP) is 0.827. The van der Waals surface area contributed by atoms with Gasteiger partial charge >= 0.3 is 5.69 Å². The number of nitro groups is 1. The summed E-state index contributed by atoms with van der Waals surface area (Å²) >= 11 is 0. The van der Waals surface area contributed by atoms with Crippen LogP contribution in [-0.4, -0.2) is 30.2 Å². The van der Waals surface area contributed by atoms with Gasteiger partial charge in [-0.25, -0.2) is 4.98 Å². The molecule has 0 aliphatic heterocycles. The van der Waals surface area contributed by atoms with Gasteiger partial charge in [-0.3, -0.25) is 24.4 Å². The van der Waals surface area contributed by atoms with Crippen LogP contribution < -0.4 is 10.9 Å². The lowest BCUT2D eigenvalue weighted by atomic mass is 10.2. The minimum atomic E-state index is -0.693. The molecule has 122 valence electrons. The van der Waals surface area contributed by atoms with Crippen molar-refractivity contribution in [3.05, 3.63) is 56.9 Å². The first-order valence-electron chi connectivity index (χ1n) is 6.81. The number of aromatic nitrogens is 4. The molecule has 0 aliphatic rings. The maximum Gasteiger partial charge on any atom is 0.320 e. The molecule has 3 rings (SSSR count). The number of hydrogen-bond donors (Lipinski definition) is 1. The Morgan fingerprint density at radius 1 is 1.33 bits per heavy atom. The van der Waals surface area contributed by atoms with Crippen LogP contribution in [0.25, 0.3) is 10.9 Å². The Hall–Kier alpha value is -3.56. The van der Waals surface area contributed by atoms with Crippen LogP contribution in [0.15, 0.2) is 35.5 Å². The molecule has 0 atom stereocenters. The average Bonchev–Trinajstić information content (AvgIpc) is 2.93. The van der Waals surface area contributed by atoms with Crippen molar-refractivity contribution < 1.29 is 9.72 Å². The van der Waals surface area contributed by atoms with Crippen LogP contribution in [0.2, 0.25) is 0 Å². The van der Waals surface area contributed by atoms with Gasteiger partial charge in [0.25, 0.3) is 11.5 Å². The monoisotopic (exact) mass is 328 g/mol. The molecule has 1 N–H and O–H groups in total. The minimum absolute atomic E-state index is 0.181. The van der Waals surface area contributed by atoms with Gasteiger partial charge in [0, 0.05) is 19.8 Å². The Kier molecular flexibility index (Phi) is 3.56. The molecule has 0 radical (unpaired) electrons. The number of nitrogens with zero attached hydrogens (tertiary/aromatic N) is 5. The summed E-state index contributed by atoms with van der Waals surface area (Å²) in [5, 5.41) is 17.6. The normalized spacial score (nSPS) is 10.8. The highest BCUT2D eigenvalue weighted by Gasteiger charge is 2.25. The molecule has 0 saturated heterocycles. The zero-order valence-corrected chi connectivity index (χ0v) is 12.8. The molecule has 1 amide bonds. The maximum atomic E-state index is 12.3. The van der Waals surface area contributed by atoms with Crippen LogP contribution in [0.4, 0.5) is 11.4 Å². The first kappa shape index (κ1) is 15.3. The van der Waals surface area contributed by atoms with Crippen LogP contribution in [-0.2, 0) is 14.1 Å². The number of nitrogens with one attached hydrogen (secondary N) is 1. The van der Waals surface area contributed by atoms with E-state index in [1.807, 2.05) is 0 Å². The first-order valence-corrected chi connectivity index (χ1v) is 6.81. The smallest absolute Gasteiger partial charge is 0.320 e. The Morgan fingerprint density at radius 2 is 2.08 bits per heavy atom. The third-order valence-electron chi connectivity index (χ3n) is 3.51. The molecular formula is C14H12N6O4. The van der Waals surface area contributed by atoms with Crippen molar-refractivity contribution >= 4 is 28.2 Å². The van der Waals surface area contributed by atoms with Crippen LogP contribution in [0.1, 0.15) is 10.5 Å². The predicted molar refractivity (Wildman–Crippen MR) is 84.8 cm³/mol. The van der Waals surface area contributed by atoms with E-state index >= 15 is 0 Å². The number of fused-ring (bicyclic) bond motifs is 1. The van der Waals surface area contributed by atoms with Crippen molar-refractivity contribution in [2.75, 3.05) is 5.32 Å². The number of benzene rings is 1. The second-order valence-corrected chi connectivity index (χ2v) is 5.11. The number of carbonyl (C=O) groups is 1. The Bertz CT molecular complexity index is 1040. The van der Waals surface area contributed by atoms with Gasteiger partial charge in [-0.05, 0) is 18.2 Å². The third-order valence-corrected chi connectivity index (χ3v) is 3.51. The Balaban J connectivity index is 2.00. The zero-order valence-electron chi connectivity index (χ0n) is 12.8. The molecule has 0 saturated carbocycles. The third kappa shape index (κ3) is 2.49. The summed E-state index contributed by atoms with van der Waals surface area (Å²) in [6.07, 6.45) is 2.41. The molecule has 0 fully saturated rings. The van der Waals surface area contributed by atoms with Gasteiger partial charge in [0.15, 0.2) is 0 Å². The second-order valence-electron chi connectivity index (χ2n) is 5.11. The number of rotatable bonds is 3. The van der Waals surface area contributed by atoms with Gasteiger partial charge in [-0.2, -0.15) is 5.10 Å². The summed E-state index contributed by atoms with van der Waals surface area (Å²) in [6.45, 7) is 0. The van der Waals surface area contributed by atoms with Crippen molar-refractivity contribution in [1.29, 1.82) is 0 Å². The SMILES string of the molecule is Cn1ncc([N+](=O)[O-])c1C(=O)Nc1ccc2ncn(C)c(=O)c2c1. The maximum absolute atomic E-state index is 12.3. The number of aryl methyl sites for hydroxylation is 2. The fraction of sp³-hybridized carbons (Fsp3) is 0.143. The molecular weight excluding hydrogens is 316 g/mol. The van der Waals surface area contributed by atoms with Gasteiger partial charge < -0.3 is 9.88 Å². The molecule has 10 nitrogen and oxygen atoms in total. The Labute approximate surface area is 134 Å². The van der Waals surface area contributed by atoms with Crippen molar-refractivity contribution in [2.45, 2.75) is 0 Å². The zero-order chi connectivity index (χ0) is 17.4. The first-order chi connectivity index (χ1) is 11.4. The molecule has 24 heavy (non-hydrogen) atoms. The molecule has 0 bridgehead atoms. The number of anilines is 1. The van der Waals surface area contributed by atoms with Crippen molar-refractivity contribution in [3.63, 3.8) is 0 Å². The standard InChI is InChI=1S/C14H12N6O4/c1-18-7-15-10-4-3-8(5-9(10)14(18)22)17-13(21)12-11(20(23)24)6-16-19(12)2/h3-7H,1-2H3,(H,17,21). The van der Waals surface area contributed by atoms with E-state index in [-0.39, 0.29) is 11.3 Å². The van der Waals surface area contributed by atoms with Crippen molar-refractivity contribution in [1.82, 2.24) is 19.3 Å². The Morgan fingerprint density at radius 3 is 2.79 bits per heavy atom. The van der Waals surface area contributed by atoms with Crippen LogP contribution >= 0.6 is 0 Å². The van der Waals surface area contributed by atoms with Gasteiger partial charge in [-0.15, -0.1) is 0 Å². The molecule has 2 heterocycles.